The van der Waals surface area contributed by atoms with E-state index in [0.29, 0.717) is 0 Å². The van der Waals surface area contributed by atoms with Crippen LogP contribution in [0.15, 0.2) is 35.2 Å². The number of hydrogen-bond acceptors (Lipinski definition) is 2. The number of halogens is 1. The van der Waals surface area contributed by atoms with Gasteiger partial charge in [-0.2, -0.15) is 0 Å². The molecule has 1 aromatic rings. The zero-order valence-electron chi connectivity index (χ0n) is 8.94. The van der Waals surface area contributed by atoms with Gasteiger partial charge in [-0.3, -0.25) is 0 Å². The summed E-state index contributed by atoms with van der Waals surface area (Å²) in [5, 5.41) is 0. The average Bonchev–Trinajstić information content (AvgIpc) is 2.16. The molecule has 0 saturated carbocycles. The van der Waals surface area contributed by atoms with E-state index < -0.39 is 15.6 Å². The van der Waals surface area contributed by atoms with E-state index in [1.807, 2.05) is 0 Å². The van der Waals surface area contributed by atoms with Gasteiger partial charge in [-0.15, -0.1) is 3.82 Å². The van der Waals surface area contributed by atoms with Gasteiger partial charge in [-0.1, -0.05) is 18.2 Å². The second-order valence-corrected chi connectivity index (χ2v) is 6.53. The maximum Gasteiger partial charge on any atom is 0.256 e. The lowest BCUT2D eigenvalue weighted by atomic mass is 10.1. The van der Waals surface area contributed by atoms with E-state index >= 15 is 0 Å². The molecule has 0 N–H and O–H groups in total. The van der Waals surface area contributed by atoms with E-state index in [1.54, 1.807) is 39.0 Å². The van der Waals surface area contributed by atoms with Crippen LogP contribution in [0.2, 0.25) is 0 Å². The first kappa shape index (κ1) is 12.5. The van der Waals surface area contributed by atoms with Crippen LogP contribution in [0.4, 0.5) is 0 Å². The second-order valence-electron chi connectivity index (χ2n) is 4.20. The molecule has 0 aliphatic carbocycles. The Bertz CT molecular complexity index is 422. The lowest BCUT2D eigenvalue weighted by molar-refractivity contribution is 0.369. The van der Waals surface area contributed by atoms with Crippen molar-refractivity contribution in [3.05, 3.63) is 30.3 Å². The lowest BCUT2D eigenvalue weighted by Crippen LogP contribution is -2.38. The maximum atomic E-state index is 12.0. The van der Waals surface area contributed by atoms with Gasteiger partial charge in [0.1, 0.15) is 0 Å². The molecule has 15 heavy (non-hydrogen) atoms. The monoisotopic (exact) mass is 247 g/mol. The molecule has 1 aromatic carbocycles. The van der Waals surface area contributed by atoms with Crippen LogP contribution < -0.4 is 0 Å². The van der Waals surface area contributed by atoms with Gasteiger partial charge in [0.15, 0.2) is 0 Å². The summed E-state index contributed by atoms with van der Waals surface area (Å²) in [4.78, 5) is 0.204. The van der Waals surface area contributed by atoms with E-state index in [0.717, 1.165) is 3.82 Å². The van der Waals surface area contributed by atoms with Crippen molar-refractivity contribution in [1.29, 1.82) is 0 Å². The maximum absolute atomic E-state index is 12.0. The van der Waals surface area contributed by atoms with Crippen LogP contribution in [-0.2, 0) is 10.0 Å². The molecule has 0 spiro atoms. The second kappa shape index (κ2) is 4.12. The Morgan fingerprint density at radius 2 is 1.60 bits per heavy atom. The van der Waals surface area contributed by atoms with Crippen molar-refractivity contribution in [2.45, 2.75) is 31.2 Å². The third kappa shape index (κ3) is 2.71. The Balaban J connectivity index is 3.16. The standard InChI is InChI=1S/C10H14ClNO2S/c1-10(2,3)12(11)15(13,14)9-7-5-4-6-8-9/h4-8H,1-3H3. The fourth-order valence-corrected chi connectivity index (χ4v) is 2.69. The Morgan fingerprint density at radius 3 is 2.00 bits per heavy atom. The van der Waals surface area contributed by atoms with E-state index in [9.17, 15) is 8.42 Å². The van der Waals surface area contributed by atoms with Crippen molar-refractivity contribution < 1.29 is 8.42 Å². The molecular formula is C10H14ClNO2S. The number of sulfonamides is 1. The van der Waals surface area contributed by atoms with Crippen LogP contribution >= 0.6 is 11.8 Å². The zero-order valence-corrected chi connectivity index (χ0v) is 10.5. The first-order chi connectivity index (χ1) is 6.76. The molecule has 0 heterocycles. The molecule has 0 aliphatic rings. The molecule has 0 amide bonds. The van der Waals surface area contributed by atoms with Crippen LogP contribution in [0.3, 0.4) is 0 Å². The van der Waals surface area contributed by atoms with E-state index in [-0.39, 0.29) is 4.90 Å². The molecule has 0 unspecified atom stereocenters. The summed E-state index contributed by atoms with van der Waals surface area (Å²) < 4.78 is 24.8. The molecule has 84 valence electrons. The summed E-state index contributed by atoms with van der Waals surface area (Å²) in [5.74, 6) is 0. The van der Waals surface area contributed by atoms with Crippen LogP contribution in [-0.4, -0.2) is 17.8 Å². The van der Waals surface area contributed by atoms with Gasteiger partial charge < -0.3 is 0 Å². The predicted molar refractivity (Wildman–Crippen MR) is 61.1 cm³/mol. The third-order valence-electron chi connectivity index (χ3n) is 1.78. The van der Waals surface area contributed by atoms with Crippen LogP contribution in [0.5, 0.6) is 0 Å². The van der Waals surface area contributed by atoms with Gasteiger partial charge in [0.25, 0.3) is 10.0 Å². The van der Waals surface area contributed by atoms with Crippen LogP contribution in [0.25, 0.3) is 0 Å². The topological polar surface area (TPSA) is 37.4 Å². The zero-order chi connectivity index (χ0) is 11.7. The van der Waals surface area contributed by atoms with Crippen LogP contribution in [0.1, 0.15) is 20.8 Å². The number of nitrogens with zero attached hydrogens (tertiary/aromatic N) is 1. The largest absolute Gasteiger partial charge is 0.256 e. The Morgan fingerprint density at radius 1 is 1.13 bits per heavy atom. The average molecular weight is 248 g/mol. The highest BCUT2D eigenvalue weighted by atomic mass is 35.5. The van der Waals surface area contributed by atoms with Gasteiger partial charge in [0.05, 0.1) is 4.90 Å². The predicted octanol–water partition coefficient (Wildman–Crippen LogP) is 2.63. The Hall–Kier alpha value is -0.580. The first-order valence-electron chi connectivity index (χ1n) is 4.52. The third-order valence-corrected chi connectivity index (χ3v) is 4.67. The van der Waals surface area contributed by atoms with Gasteiger partial charge in [-0.05, 0) is 44.7 Å². The van der Waals surface area contributed by atoms with Gasteiger partial charge in [0.2, 0.25) is 0 Å². The lowest BCUT2D eigenvalue weighted by Gasteiger charge is -2.27. The molecule has 5 heteroatoms. The highest BCUT2D eigenvalue weighted by molar-refractivity contribution is 7.90. The fraction of sp³-hybridized carbons (Fsp3) is 0.400. The number of hydrogen-bond donors (Lipinski definition) is 0. The molecule has 0 atom stereocenters. The number of rotatable bonds is 2. The van der Waals surface area contributed by atoms with Crippen molar-refractivity contribution in [2.24, 2.45) is 0 Å². The fourth-order valence-electron chi connectivity index (χ4n) is 1.05. The summed E-state index contributed by atoms with van der Waals surface area (Å²) in [6.45, 7) is 5.21. The summed E-state index contributed by atoms with van der Waals surface area (Å²) >= 11 is 5.83. The number of benzene rings is 1. The van der Waals surface area contributed by atoms with Gasteiger partial charge in [0, 0.05) is 5.54 Å². The van der Waals surface area contributed by atoms with E-state index in [4.69, 9.17) is 11.8 Å². The molecule has 3 nitrogen and oxygen atoms in total. The van der Waals surface area contributed by atoms with Gasteiger partial charge in [-0.25, -0.2) is 8.42 Å². The van der Waals surface area contributed by atoms with Crippen molar-refractivity contribution in [1.82, 2.24) is 3.82 Å². The molecule has 0 aliphatic heterocycles. The molecule has 0 fully saturated rings. The molecule has 1 rings (SSSR count). The van der Waals surface area contributed by atoms with E-state index in [2.05, 4.69) is 0 Å². The Kier molecular flexibility index (Phi) is 3.43. The molecular weight excluding hydrogens is 234 g/mol. The summed E-state index contributed by atoms with van der Waals surface area (Å²) in [5.41, 5.74) is -0.643. The Labute approximate surface area is 95.8 Å². The summed E-state index contributed by atoms with van der Waals surface area (Å²) in [7, 11) is -3.60. The summed E-state index contributed by atoms with van der Waals surface area (Å²) in [6, 6.07) is 8.14. The van der Waals surface area contributed by atoms with E-state index in [1.165, 1.54) is 12.1 Å². The molecule has 0 saturated heterocycles. The molecule has 0 radical (unpaired) electrons. The van der Waals surface area contributed by atoms with Gasteiger partial charge >= 0.3 is 0 Å². The molecule has 0 bridgehead atoms. The van der Waals surface area contributed by atoms with Crippen molar-refractivity contribution in [3.8, 4) is 0 Å². The highest BCUT2D eigenvalue weighted by Gasteiger charge is 2.32. The minimum atomic E-state index is -3.60. The van der Waals surface area contributed by atoms with Crippen molar-refractivity contribution in [3.63, 3.8) is 0 Å². The SMILES string of the molecule is CC(C)(C)N(Cl)S(=O)(=O)c1ccccc1. The van der Waals surface area contributed by atoms with Crippen molar-refractivity contribution in [2.75, 3.05) is 0 Å². The van der Waals surface area contributed by atoms with Crippen molar-refractivity contribution >= 4 is 21.8 Å². The highest BCUT2D eigenvalue weighted by Crippen LogP contribution is 2.26. The smallest absolute Gasteiger partial charge is 0.206 e. The minimum Gasteiger partial charge on any atom is -0.206 e. The quantitative estimate of drug-likeness (QED) is 0.754. The molecule has 0 aromatic heterocycles. The summed E-state index contributed by atoms with van der Waals surface area (Å²) in [6.07, 6.45) is 0. The normalized spacial score (nSPS) is 13.1. The first-order valence-corrected chi connectivity index (χ1v) is 6.30. The minimum absolute atomic E-state index is 0.204. The van der Waals surface area contributed by atoms with Crippen LogP contribution in [0, 0.1) is 0 Å².